The van der Waals surface area contributed by atoms with Gasteiger partial charge in [0.1, 0.15) is 10.0 Å². The van der Waals surface area contributed by atoms with Crippen LogP contribution in [0, 0.1) is 0 Å². The number of nitrogens with zero attached hydrogens (tertiary/aromatic N) is 3. The molecule has 2 aromatic heterocycles. The highest BCUT2D eigenvalue weighted by Gasteiger charge is 2.21. The molecule has 0 radical (unpaired) electrons. The Labute approximate surface area is 115 Å². The molecule has 9 heteroatoms. The Bertz CT molecular complexity index is 698. The molecule has 0 bridgehead atoms. The van der Waals surface area contributed by atoms with Crippen LogP contribution in [0.5, 0.6) is 0 Å². The van der Waals surface area contributed by atoms with E-state index in [1.54, 1.807) is 0 Å². The zero-order valence-electron chi connectivity index (χ0n) is 10.0. The predicted molar refractivity (Wildman–Crippen MR) is 72.4 cm³/mol. The Hall–Kier alpha value is -1.80. The van der Waals surface area contributed by atoms with Crippen molar-refractivity contribution in [3.8, 4) is 0 Å². The van der Waals surface area contributed by atoms with Crippen LogP contribution < -0.4 is 10.5 Å². The quantitative estimate of drug-likeness (QED) is 0.829. The maximum absolute atomic E-state index is 12.2. The van der Waals surface area contributed by atoms with Crippen LogP contribution in [0.3, 0.4) is 0 Å². The molecule has 2 rings (SSSR count). The van der Waals surface area contributed by atoms with Gasteiger partial charge >= 0.3 is 0 Å². The minimum absolute atomic E-state index is 0.0468. The molecule has 0 atom stereocenters. The Morgan fingerprint density at radius 1 is 1.53 bits per heavy atom. The van der Waals surface area contributed by atoms with Crippen molar-refractivity contribution in [3.05, 3.63) is 29.7 Å². The fourth-order valence-electron chi connectivity index (χ4n) is 1.46. The van der Waals surface area contributed by atoms with Crippen molar-refractivity contribution in [1.82, 2.24) is 14.8 Å². The molecule has 0 saturated carbocycles. The van der Waals surface area contributed by atoms with Crippen molar-refractivity contribution in [2.75, 3.05) is 10.5 Å². The molecule has 0 amide bonds. The molecule has 102 valence electrons. The summed E-state index contributed by atoms with van der Waals surface area (Å²) in [7, 11) is -3.79. The largest absolute Gasteiger partial charge is 0.381 e. The standard InChI is InChI=1S/C10H12ClN5O2S/c1-2-16-6-8(10(12)14-16)19(17,18)15-7-3-4-13-9(11)5-7/h3-6H,2H2,1H3,(H2,12,14)(H,13,15). The lowest BCUT2D eigenvalue weighted by Crippen LogP contribution is -2.14. The SMILES string of the molecule is CCn1cc(S(=O)(=O)Nc2ccnc(Cl)c2)c(N)n1. The van der Waals surface area contributed by atoms with E-state index in [-0.39, 0.29) is 15.9 Å². The molecule has 2 aromatic rings. The molecule has 19 heavy (non-hydrogen) atoms. The van der Waals surface area contributed by atoms with Crippen LogP contribution in [-0.2, 0) is 16.6 Å². The summed E-state index contributed by atoms with van der Waals surface area (Å²) in [6.45, 7) is 2.36. The molecule has 0 saturated heterocycles. The Kier molecular flexibility index (Phi) is 3.63. The molecule has 2 heterocycles. The number of halogens is 1. The molecule has 0 aliphatic rings. The van der Waals surface area contributed by atoms with E-state index >= 15 is 0 Å². The fourth-order valence-corrected chi connectivity index (χ4v) is 2.76. The summed E-state index contributed by atoms with van der Waals surface area (Å²) in [5.41, 5.74) is 5.91. The molecular weight excluding hydrogens is 290 g/mol. The van der Waals surface area contributed by atoms with Crippen LogP contribution in [-0.4, -0.2) is 23.2 Å². The zero-order chi connectivity index (χ0) is 14.0. The summed E-state index contributed by atoms with van der Waals surface area (Å²) in [6, 6.07) is 2.89. The topological polar surface area (TPSA) is 103 Å². The van der Waals surface area contributed by atoms with E-state index in [1.807, 2.05) is 6.92 Å². The van der Waals surface area contributed by atoms with Gasteiger partial charge < -0.3 is 5.73 Å². The molecule has 0 aliphatic heterocycles. The molecule has 0 fully saturated rings. The Morgan fingerprint density at radius 3 is 2.84 bits per heavy atom. The lowest BCUT2D eigenvalue weighted by Gasteiger charge is -2.06. The van der Waals surface area contributed by atoms with Crippen molar-refractivity contribution >= 4 is 33.1 Å². The summed E-state index contributed by atoms with van der Waals surface area (Å²) in [4.78, 5) is 3.70. The first-order chi connectivity index (χ1) is 8.92. The van der Waals surface area contributed by atoms with Crippen molar-refractivity contribution in [2.24, 2.45) is 0 Å². The average Bonchev–Trinajstić information content (AvgIpc) is 2.71. The summed E-state index contributed by atoms with van der Waals surface area (Å²) in [5.74, 6) is -0.0468. The Balaban J connectivity index is 2.34. The van der Waals surface area contributed by atoms with Crippen LogP contribution in [0.1, 0.15) is 6.92 Å². The molecule has 0 aromatic carbocycles. The number of anilines is 2. The first kappa shape index (κ1) is 13.6. The molecule has 7 nitrogen and oxygen atoms in total. The monoisotopic (exact) mass is 301 g/mol. The van der Waals surface area contributed by atoms with Crippen LogP contribution >= 0.6 is 11.6 Å². The van der Waals surface area contributed by atoms with Crippen LogP contribution in [0.15, 0.2) is 29.4 Å². The minimum Gasteiger partial charge on any atom is -0.381 e. The summed E-state index contributed by atoms with van der Waals surface area (Å²) < 4.78 is 28.1. The second kappa shape index (κ2) is 5.06. The first-order valence-corrected chi connectivity index (χ1v) is 7.26. The number of aryl methyl sites for hydroxylation is 1. The molecular formula is C10H12ClN5O2S. The summed E-state index contributed by atoms with van der Waals surface area (Å²) in [6.07, 6.45) is 2.78. The number of pyridine rings is 1. The number of nitrogens with two attached hydrogens (primary N) is 1. The van der Waals surface area contributed by atoms with Crippen molar-refractivity contribution < 1.29 is 8.42 Å². The van der Waals surface area contributed by atoms with Crippen LogP contribution in [0.4, 0.5) is 11.5 Å². The third-order valence-electron chi connectivity index (χ3n) is 2.35. The number of nitrogen functional groups attached to an aromatic ring is 1. The molecule has 0 spiro atoms. The van der Waals surface area contributed by atoms with Crippen LogP contribution in [0.2, 0.25) is 5.15 Å². The smallest absolute Gasteiger partial charge is 0.267 e. The van der Waals surface area contributed by atoms with E-state index in [9.17, 15) is 8.42 Å². The lowest BCUT2D eigenvalue weighted by atomic mass is 10.4. The molecule has 0 unspecified atom stereocenters. The van der Waals surface area contributed by atoms with Gasteiger partial charge in [0.2, 0.25) is 0 Å². The number of sulfonamides is 1. The summed E-state index contributed by atoms with van der Waals surface area (Å²) >= 11 is 5.69. The van der Waals surface area contributed by atoms with Gasteiger partial charge in [-0.05, 0) is 19.1 Å². The molecule has 3 N–H and O–H groups in total. The van der Waals surface area contributed by atoms with Crippen molar-refractivity contribution in [3.63, 3.8) is 0 Å². The minimum atomic E-state index is -3.79. The van der Waals surface area contributed by atoms with Gasteiger partial charge in [0.05, 0.1) is 5.69 Å². The van der Waals surface area contributed by atoms with Crippen LogP contribution in [0.25, 0.3) is 0 Å². The van der Waals surface area contributed by atoms with Crippen molar-refractivity contribution in [2.45, 2.75) is 18.4 Å². The second-order valence-electron chi connectivity index (χ2n) is 3.71. The van der Waals surface area contributed by atoms with E-state index < -0.39 is 10.0 Å². The maximum atomic E-state index is 12.2. The number of aromatic nitrogens is 3. The number of rotatable bonds is 4. The van der Waals surface area contributed by atoms with E-state index in [0.717, 1.165) is 0 Å². The van der Waals surface area contributed by atoms with Gasteiger partial charge in [-0.25, -0.2) is 13.4 Å². The number of nitrogens with one attached hydrogen (secondary N) is 1. The fraction of sp³-hybridized carbons (Fsp3) is 0.200. The van der Waals surface area contributed by atoms with Gasteiger partial charge in [-0.15, -0.1) is 0 Å². The molecule has 0 aliphatic carbocycles. The van der Waals surface area contributed by atoms with Gasteiger partial charge in [-0.2, -0.15) is 5.10 Å². The zero-order valence-corrected chi connectivity index (χ0v) is 11.6. The second-order valence-corrected chi connectivity index (χ2v) is 5.75. The highest BCUT2D eigenvalue weighted by Crippen LogP contribution is 2.21. The van der Waals surface area contributed by atoms with E-state index in [2.05, 4.69) is 14.8 Å². The normalized spacial score (nSPS) is 11.5. The maximum Gasteiger partial charge on any atom is 0.267 e. The van der Waals surface area contributed by atoms with Gasteiger partial charge in [-0.1, -0.05) is 11.6 Å². The van der Waals surface area contributed by atoms with E-state index in [4.69, 9.17) is 17.3 Å². The van der Waals surface area contributed by atoms with Gasteiger partial charge in [0.25, 0.3) is 10.0 Å². The van der Waals surface area contributed by atoms with Crippen molar-refractivity contribution in [1.29, 1.82) is 0 Å². The highest BCUT2D eigenvalue weighted by atomic mass is 35.5. The first-order valence-electron chi connectivity index (χ1n) is 5.39. The van der Waals surface area contributed by atoms with Gasteiger partial charge in [-0.3, -0.25) is 9.40 Å². The average molecular weight is 302 g/mol. The van der Waals surface area contributed by atoms with Gasteiger partial charge in [0, 0.05) is 18.9 Å². The van der Waals surface area contributed by atoms with E-state index in [0.29, 0.717) is 12.2 Å². The third-order valence-corrected chi connectivity index (χ3v) is 3.95. The Morgan fingerprint density at radius 2 is 2.26 bits per heavy atom. The van der Waals surface area contributed by atoms with Gasteiger partial charge in [0.15, 0.2) is 5.82 Å². The summed E-state index contributed by atoms with van der Waals surface area (Å²) in [5, 5.41) is 4.08. The van der Waals surface area contributed by atoms with E-state index in [1.165, 1.54) is 29.2 Å². The highest BCUT2D eigenvalue weighted by molar-refractivity contribution is 7.92. The third kappa shape index (κ3) is 2.96. The predicted octanol–water partition coefficient (Wildman–Crippen LogP) is 1.33. The number of hydrogen-bond donors (Lipinski definition) is 2. The number of hydrogen-bond acceptors (Lipinski definition) is 5. The lowest BCUT2D eigenvalue weighted by molar-refractivity contribution is 0.600.